The number of hydrogen-bond acceptors (Lipinski definition) is 1. The Hall–Kier alpha value is -1.18. The molecule has 0 spiro atoms. The fraction of sp³-hybridized carbons (Fsp3) is 0.417. The number of amides is 1. The zero-order chi connectivity index (χ0) is 15.3. The molecule has 0 aromatic heterocycles. The number of halogens is 6. The Balaban J connectivity index is 3.12. The summed E-state index contributed by atoms with van der Waals surface area (Å²) in [6, 6.07) is 4.14. The van der Waals surface area contributed by atoms with E-state index in [9.17, 15) is 26.7 Å². The van der Waals surface area contributed by atoms with Gasteiger partial charge in [0.2, 0.25) is 0 Å². The van der Waals surface area contributed by atoms with Crippen LogP contribution in [0, 0.1) is 0 Å². The molecule has 0 aliphatic heterocycles. The SMILES string of the molecule is O=C(c1ccccc1C(F)(F)F)N(CCBr)CC(F)F. The Morgan fingerprint density at radius 3 is 2.35 bits per heavy atom. The Kier molecular flexibility index (Phi) is 5.91. The molecule has 0 aliphatic carbocycles. The van der Waals surface area contributed by atoms with Crippen molar-refractivity contribution < 1.29 is 26.7 Å². The van der Waals surface area contributed by atoms with E-state index < -0.39 is 36.2 Å². The van der Waals surface area contributed by atoms with Gasteiger partial charge in [-0.15, -0.1) is 0 Å². The smallest absolute Gasteiger partial charge is 0.332 e. The minimum atomic E-state index is -4.71. The van der Waals surface area contributed by atoms with E-state index in [0.717, 1.165) is 18.2 Å². The van der Waals surface area contributed by atoms with Crippen LogP contribution in [0.4, 0.5) is 22.0 Å². The lowest BCUT2D eigenvalue weighted by molar-refractivity contribution is -0.138. The van der Waals surface area contributed by atoms with Gasteiger partial charge in [-0.3, -0.25) is 4.79 Å². The minimum absolute atomic E-state index is 0.102. The van der Waals surface area contributed by atoms with E-state index in [-0.39, 0.29) is 11.9 Å². The van der Waals surface area contributed by atoms with E-state index in [2.05, 4.69) is 15.9 Å². The fourth-order valence-electron chi connectivity index (χ4n) is 1.63. The maximum Gasteiger partial charge on any atom is 0.417 e. The fourth-order valence-corrected chi connectivity index (χ4v) is 2.06. The van der Waals surface area contributed by atoms with Crippen LogP contribution in [0.3, 0.4) is 0 Å². The maximum atomic E-state index is 12.8. The van der Waals surface area contributed by atoms with Gasteiger partial charge < -0.3 is 4.90 Å². The summed E-state index contributed by atoms with van der Waals surface area (Å²) in [5, 5.41) is 0.194. The van der Waals surface area contributed by atoms with Crippen LogP contribution in [0.5, 0.6) is 0 Å². The molecule has 0 saturated carbocycles. The molecule has 0 aliphatic rings. The molecular formula is C12H11BrF5NO. The van der Waals surface area contributed by atoms with Crippen molar-refractivity contribution >= 4 is 21.8 Å². The molecule has 0 unspecified atom stereocenters. The van der Waals surface area contributed by atoms with Gasteiger partial charge in [0.05, 0.1) is 17.7 Å². The number of nitrogens with zero attached hydrogens (tertiary/aromatic N) is 1. The van der Waals surface area contributed by atoms with Crippen LogP contribution in [0.25, 0.3) is 0 Å². The van der Waals surface area contributed by atoms with Gasteiger partial charge >= 0.3 is 6.18 Å². The number of rotatable bonds is 5. The second-order valence-corrected chi connectivity index (χ2v) is 4.67. The van der Waals surface area contributed by atoms with E-state index in [1.807, 2.05) is 0 Å². The first-order valence-electron chi connectivity index (χ1n) is 5.57. The molecule has 0 heterocycles. The summed E-state index contributed by atoms with van der Waals surface area (Å²) in [6.45, 7) is -1.01. The van der Waals surface area contributed by atoms with E-state index in [0.29, 0.717) is 4.90 Å². The molecule has 0 bridgehead atoms. The van der Waals surface area contributed by atoms with Crippen LogP contribution in [0.2, 0.25) is 0 Å². The standard InChI is InChI=1S/C12H11BrF5NO/c13-5-6-19(7-10(14)15)11(20)8-3-1-2-4-9(8)12(16,17)18/h1-4,10H,5-7H2. The van der Waals surface area contributed by atoms with Crippen molar-refractivity contribution in [3.05, 3.63) is 35.4 Å². The summed E-state index contributed by atoms with van der Waals surface area (Å²) in [7, 11) is 0. The molecule has 8 heteroatoms. The van der Waals surface area contributed by atoms with Crippen LogP contribution < -0.4 is 0 Å². The van der Waals surface area contributed by atoms with Crippen LogP contribution in [-0.4, -0.2) is 35.7 Å². The first-order valence-corrected chi connectivity index (χ1v) is 6.69. The highest BCUT2D eigenvalue weighted by Crippen LogP contribution is 2.32. The summed E-state index contributed by atoms with van der Waals surface area (Å²) in [5.74, 6) is -1.06. The van der Waals surface area contributed by atoms with Crippen molar-refractivity contribution in [2.24, 2.45) is 0 Å². The van der Waals surface area contributed by atoms with Gasteiger partial charge in [0.15, 0.2) is 0 Å². The second-order valence-electron chi connectivity index (χ2n) is 3.87. The maximum absolute atomic E-state index is 12.8. The highest BCUT2D eigenvalue weighted by atomic mass is 79.9. The third-order valence-corrected chi connectivity index (χ3v) is 2.82. The van der Waals surface area contributed by atoms with E-state index >= 15 is 0 Å². The first kappa shape index (κ1) is 16.9. The van der Waals surface area contributed by atoms with Gasteiger partial charge in [-0.25, -0.2) is 8.78 Å². The second kappa shape index (κ2) is 7.01. The molecule has 1 rings (SSSR count). The number of benzene rings is 1. The van der Waals surface area contributed by atoms with Crippen LogP contribution in [-0.2, 0) is 6.18 Å². The van der Waals surface area contributed by atoms with Crippen LogP contribution in [0.15, 0.2) is 24.3 Å². The van der Waals surface area contributed by atoms with E-state index in [4.69, 9.17) is 0 Å². The summed E-state index contributed by atoms with van der Waals surface area (Å²) in [6.07, 6.45) is -7.52. The number of alkyl halides is 6. The van der Waals surface area contributed by atoms with Crippen molar-refractivity contribution in [1.82, 2.24) is 4.90 Å². The quantitative estimate of drug-likeness (QED) is 0.578. The third kappa shape index (κ3) is 4.43. The monoisotopic (exact) mass is 359 g/mol. The highest BCUT2D eigenvalue weighted by molar-refractivity contribution is 9.09. The lowest BCUT2D eigenvalue weighted by Gasteiger charge is -2.23. The molecule has 112 valence electrons. The van der Waals surface area contributed by atoms with Gasteiger partial charge in [0, 0.05) is 11.9 Å². The van der Waals surface area contributed by atoms with Crippen molar-refractivity contribution in [2.75, 3.05) is 18.4 Å². The molecule has 0 atom stereocenters. The average molecular weight is 360 g/mol. The Bertz CT molecular complexity index is 463. The zero-order valence-electron chi connectivity index (χ0n) is 10.1. The van der Waals surface area contributed by atoms with Gasteiger partial charge in [-0.2, -0.15) is 13.2 Å². The molecule has 2 nitrogen and oxygen atoms in total. The summed E-state index contributed by atoms with van der Waals surface area (Å²) >= 11 is 2.98. The lowest BCUT2D eigenvalue weighted by Crippen LogP contribution is -2.37. The highest BCUT2D eigenvalue weighted by Gasteiger charge is 2.36. The van der Waals surface area contributed by atoms with Gasteiger partial charge in [0.1, 0.15) is 0 Å². The Morgan fingerprint density at radius 1 is 1.25 bits per heavy atom. The molecule has 0 saturated heterocycles. The Morgan fingerprint density at radius 2 is 1.85 bits per heavy atom. The van der Waals surface area contributed by atoms with Gasteiger partial charge in [-0.05, 0) is 12.1 Å². The van der Waals surface area contributed by atoms with Crippen molar-refractivity contribution in [2.45, 2.75) is 12.6 Å². The molecule has 0 radical (unpaired) electrons. The predicted octanol–water partition coefficient (Wildman–Crippen LogP) is 3.81. The van der Waals surface area contributed by atoms with Gasteiger partial charge in [-0.1, -0.05) is 28.1 Å². The van der Waals surface area contributed by atoms with Crippen LogP contribution in [0.1, 0.15) is 15.9 Å². The van der Waals surface area contributed by atoms with Gasteiger partial charge in [0.25, 0.3) is 12.3 Å². The van der Waals surface area contributed by atoms with E-state index in [1.165, 1.54) is 6.07 Å². The topological polar surface area (TPSA) is 20.3 Å². The van der Waals surface area contributed by atoms with Crippen molar-refractivity contribution in [3.8, 4) is 0 Å². The first-order chi connectivity index (χ1) is 9.27. The van der Waals surface area contributed by atoms with E-state index in [1.54, 1.807) is 0 Å². The molecule has 1 aromatic carbocycles. The Labute approximate surface area is 120 Å². The minimum Gasteiger partial charge on any atom is -0.332 e. The molecule has 0 fully saturated rings. The molecule has 20 heavy (non-hydrogen) atoms. The third-order valence-electron chi connectivity index (χ3n) is 2.46. The molecule has 1 aromatic rings. The largest absolute Gasteiger partial charge is 0.417 e. The summed E-state index contributed by atoms with van der Waals surface area (Å²) in [5.41, 5.74) is -1.75. The van der Waals surface area contributed by atoms with Crippen LogP contribution >= 0.6 is 15.9 Å². The number of carbonyl (C=O) groups excluding carboxylic acids is 1. The summed E-state index contributed by atoms with van der Waals surface area (Å²) < 4.78 is 63.2. The molecule has 0 N–H and O–H groups in total. The van der Waals surface area contributed by atoms with Crippen molar-refractivity contribution in [3.63, 3.8) is 0 Å². The normalized spacial score (nSPS) is 11.8. The van der Waals surface area contributed by atoms with Crippen molar-refractivity contribution in [1.29, 1.82) is 0 Å². The summed E-state index contributed by atoms with van der Waals surface area (Å²) in [4.78, 5) is 12.7. The average Bonchev–Trinajstić information content (AvgIpc) is 2.36. The zero-order valence-corrected chi connectivity index (χ0v) is 11.7. The number of hydrogen-bond donors (Lipinski definition) is 0. The predicted molar refractivity (Wildman–Crippen MR) is 67.1 cm³/mol. The molecular weight excluding hydrogens is 349 g/mol. The molecule has 1 amide bonds. The number of carbonyl (C=O) groups is 1. The lowest BCUT2D eigenvalue weighted by atomic mass is 10.1.